The Morgan fingerprint density at radius 2 is 2.07 bits per heavy atom. The summed E-state index contributed by atoms with van der Waals surface area (Å²) in [6, 6.07) is 11.0. The van der Waals surface area contributed by atoms with E-state index in [1.165, 1.54) is 0 Å². The molecule has 0 spiro atoms. The van der Waals surface area contributed by atoms with Gasteiger partial charge in [-0.25, -0.2) is 0 Å². The first-order valence-electron chi connectivity index (χ1n) is 9.47. The Balaban J connectivity index is 1.65. The van der Waals surface area contributed by atoms with Crippen molar-refractivity contribution in [2.45, 2.75) is 25.9 Å². The van der Waals surface area contributed by atoms with Crippen LogP contribution in [-0.2, 0) is 11.3 Å². The third kappa shape index (κ3) is 3.45. The number of phenols is 1. The molecule has 0 saturated heterocycles. The summed E-state index contributed by atoms with van der Waals surface area (Å²) in [5.74, 6) is 0.599. The Morgan fingerprint density at radius 1 is 1.25 bits per heavy atom. The number of benzene rings is 1. The summed E-state index contributed by atoms with van der Waals surface area (Å²) >= 11 is 0. The minimum absolute atomic E-state index is 0.0569. The normalized spacial score (nSPS) is 14.7. The van der Waals surface area contributed by atoms with Crippen molar-refractivity contribution in [2.24, 2.45) is 0 Å². The van der Waals surface area contributed by atoms with Gasteiger partial charge in [0, 0.05) is 42.5 Å². The fourth-order valence-corrected chi connectivity index (χ4v) is 3.67. The first-order valence-corrected chi connectivity index (χ1v) is 9.47. The number of carbonyl (C=O) groups is 1. The smallest absolute Gasteiger partial charge is 0.246 e. The molecule has 6 nitrogen and oxygen atoms in total. The Morgan fingerprint density at radius 3 is 2.79 bits per heavy atom. The maximum atomic E-state index is 13.2. The van der Waals surface area contributed by atoms with Crippen LogP contribution in [0.3, 0.4) is 0 Å². The minimum atomic E-state index is -0.244. The van der Waals surface area contributed by atoms with Gasteiger partial charge in [0.05, 0.1) is 6.54 Å². The Kier molecular flexibility index (Phi) is 5.02. The Bertz CT molecular complexity index is 955. The number of rotatable bonds is 4. The van der Waals surface area contributed by atoms with Gasteiger partial charge in [0.1, 0.15) is 12.6 Å². The first-order chi connectivity index (χ1) is 13.7. The summed E-state index contributed by atoms with van der Waals surface area (Å²) in [6.45, 7) is 3.23. The van der Waals surface area contributed by atoms with Crippen LogP contribution >= 0.6 is 0 Å². The lowest BCUT2D eigenvalue weighted by molar-refractivity contribution is -0.135. The van der Waals surface area contributed by atoms with E-state index in [4.69, 9.17) is 4.74 Å². The highest BCUT2D eigenvalue weighted by atomic mass is 16.5. The molecule has 1 amide bonds. The number of aromatic nitrogens is 2. The molecule has 28 heavy (non-hydrogen) atoms. The molecule has 0 unspecified atom stereocenters. The molecule has 4 rings (SSSR count). The Labute approximate surface area is 164 Å². The van der Waals surface area contributed by atoms with E-state index in [2.05, 4.69) is 4.98 Å². The minimum Gasteiger partial charge on any atom is -0.504 e. The summed E-state index contributed by atoms with van der Waals surface area (Å²) in [5.41, 5.74) is 2.55. The summed E-state index contributed by atoms with van der Waals surface area (Å²) < 4.78 is 7.73. The molecule has 0 saturated carbocycles. The molecule has 0 aliphatic carbocycles. The van der Waals surface area contributed by atoms with Crippen LogP contribution in [0.5, 0.6) is 11.5 Å². The molecule has 144 valence electrons. The van der Waals surface area contributed by atoms with Gasteiger partial charge < -0.3 is 19.3 Å². The lowest BCUT2D eigenvalue weighted by Crippen LogP contribution is -2.37. The summed E-state index contributed by atoms with van der Waals surface area (Å²) in [6.07, 6.45) is 8.00. The van der Waals surface area contributed by atoms with E-state index in [9.17, 15) is 9.90 Å². The quantitative estimate of drug-likeness (QED) is 0.754. The molecule has 1 aliphatic rings. The number of hydrogen-bond donors (Lipinski definition) is 1. The van der Waals surface area contributed by atoms with Crippen molar-refractivity contribution in [3.05, 3.63) is 66.7 Å². The molecule has 1 atom stereocenters. The molecule has 2 aromatic heterocycles. The van der Waals surface area contributed by atoms with Crippen molar-refractivity contribution in [2.75, 3.05) is 13.2 Å². The van der Waals surface area contributed by atoms with Crippen LogP contribution in [0.2, 0.25) is 0 Å². The fraction of sp³-hybridized carbons (Fsp3) is 0.273. The zero-order valence-electron chi connectivity index (χ0n) is 15.8. The van der Waals surface area contributed by atoms with Gasteiger partial charge in [-0.15, -0.1) is 0 Å². The van der Waals surface area contributed by atoms with Gasteiger partial charge in [0.2, 0.25) is 5.91 Å². The van der Waals surface area contributed by atoms with Crippen LogP contribution in [0.4, 0.5) is 0 Å². The lowest BCUT2D eigenvalue weighted by Gasteiger charge is -2.26. The topological polar surface area (TPSA) is 67.6 Å². The monoisotopic (exact) mass is 377 g/mol. The van der Waals surface area contributed by atoms with E-state index in [0.29, 0.717) is 31.9 Å². The maximum Gasteiger partial charge on any atom is 0.246 e. The summed E-state index contributed by atoms with van der Waals surface area (Å²) in [7, 11) is 0. The van der Waals surface area contributed by atoms with Gasteiger partial charge in [-0.1, -0.05) is 13.0 Å². The largest absolute Gasteiger partial charge is 0.504 e. The average Bonchev–Trinajstić information content (AvgIpc) is 3.15. The molecular weight excluding hydrogens is 354 g/mol. The van der Waals surface area contributed by atoms with Crippen molar-refractivity contribution in [1.29, 1.82) is 0 Å². The van der Waals surface area contributed by atoms with E-state index in [-0.39, 0.29) is 17.7 Å². The number of nitrogens with zero attached hydrogens (tertiary/aromatic N) is 3. The Hall–Kier alpha value is -3.28. The highest BCUT2D eigenvalue weighted by Gasteiger charge is 2.27. The summed E-state index contributed by atoms with van der Waals surface area (Å²) in [5, 5.41) is 10.5. The molecule has 1 N–H and O–H groups in total. The second kappa shape index (κ2) is 7.76. The zero-order valence-corrected chi connectivity index (χ0v) is 15.8. The van der Waals surface area contributed by atoms with E-state index in [1.807, 2.05) is 59.1 Å². The van der Waals surface area contributed by atoms with Crippen molar-refractivity contribution in [3.8, 4) is 22.6 Å². The van der Waals surface area contributed by atoms with Gasteiger partial charge in [0.15, 0.2) is 11.5 Å². The number of pyridine rings is 1. The van der Waals surface area contributed by atoms with Gasteiger partial charge in [0.25, 0.3) is 0 Å². The van der Waals surface area contributed by atoms with Gasteiger partial charge in [-0.05, 0) is 42.3 Å². The van der Waals surface area contributed by atoms with Crippen LogP contribution < -0.4 is 4.74 Å². The van der Waals surface area contributed by atoms with Gasteiger partial charge >= 0.3 is 0 Å². The number of amides is 1. The van der Waals surface area contributed by atoms with Crippen molar-refractivity contribution in [3.63, 3.8) is 0 Å². The highest BCUT2D eigenvalue weighted by molar-refractivity contribution is 5.81. The number of hydrogen-bond acceptors (Lipinski definition) is 4. The molecule has 0 fully saturated rings. The number of fused-ring (bicyclic) bond motifs is 1. The second-order valence-corrected chi connectivity index (χ2v) is 6.89. The van der Waals surface area contributed by atoms with Crippen LogP contribution in [0.15, 0.2) is 61.2 Å². The van der Waals surface area contributed by atoms with Crippen molar-refractivity contribution < 1.29 is 14.6 Å². The third-order valence-corrected chi connectivity index (χ3v) is 5.08. The van der Waals surface area contributed by atoms with Crippen LogP contribution in [-0.4, -0.2) is 38.6 Å². The van der Waals surface area contributed by atoms with E-state index in [1.54, 1.807) is 18.5 Å². The third-order valence-electron chi connectivity index (χ3n) is 5.08. The van der Waals surface area contributed by atoms with Crippen molar-refractivity contribution in [1.82, 2.24) is 14.5 Å². The SMILES string of the molecule is CC[C@H](C(=O)N1CCOc2c(O)cc(-c3cccnc3)cc2C1)n1cccc1. The average molecular weight is 377 g/mol. The van der Waals surface area contributed by atoms with E-state index < -0.39 is 0 Å². The van der Waals surface area contributed by atoms with Gasteiger partial charge in [-0.3, -0.25) is 9.78 Å². The zero-order chi connectivity index (χ0) is 19.5. The van der Waals surface area contributed by atoms with Crippen molar-refractivity contribution >= 4 is 5.91 Å². The standard InChI is InChI=1S/C22H23N3O3/c1-2-19(24-8-3-4-9-24)22(27)25-10-11-28-21-18(15-25)12-17(13-20(21)26)16-6-5-7-23-14-16/h3-9,12-14,19,26H,2,10-11,15H2,1H3/t19-/m1/s1. The number of aromatic hydroxyl groups is 1. The number of ether oxygens (including phenoxy) is 1. The molecule has 1 aromatic carbocycles. The van der Waals surface area contributed by atoms with Gasteiger partial charge in [-0.2, -0.15) is 0 Å². The van der Waals surface area contributed by atoms with Crippen LogP contribution in [0.25, 0.3) is 11.1 Å². The molecule has 6 heteroatoms. The molecule has 3 aromatic rings. The molecule has 1 aliphatic heterocycles. The molecule has 0 bridgehead atoms. The summed E-state index contributed by atoms with van der Waals surface area (Å²) in [4.78, 5) is 19.2. The molecule has 3 heterocycles. The predicted molar refractivity (Wildman–Crippen MR) is 106 cm³/mol. The highest BCUT2D eigenvalue weighted by Crippen LogP contribution is 2.37. The predicted octanol–water partition coefficient (Wildman–Crippen LogP) is 3.63. The van der Waals surface area contributed by atoms with E-state index in [0.717, 1.165) is 16.7 Å². The first kappa shape index (κ1) is 18.1. The second-order valence-electron chi connectivity index (χ2n) is 6.89. The number of carbonyl (C=O) groups excluding carboxylic acids is 1. The lowest BCUT2D eigenvalue weighted by atomic mass is 10.0. The van der Waals surface area contributed by atoms with Crippen LogP contribution in [0, 0.1) is 0 Å². The molecule has 0 radical (unpaired) electrons. The van der Waals surface area contributed by atoms with Crippen LogP contribution in [0.1, 0.15) is 24.9 Å². The fourth-order valence-electron chi connectivity index (χ4n) is 3.67. The van der Waals surface area contributed by atoms with E-state index >= 15 is 0 Å². The maximum absolute atomic E-state index is 13.2. The number of phenolic OH excluding ortho intramolecular Hbond substituents is 1. The molecular formula is C22H23N3O3.